The maximum absolute atomic E-state index is 12.7. The molecule has 2 aliphatic rings. The Hall–Kier alpha value is -2.23. The molecule has 0 aliphatic carbocycles. The van der Waals surface area contributed by atoms with E-state index in [0.717, 1.165) is 44.0 Å². The largest absolute Gasteiger partial charge is 0.493 e. The molecule has 3 heterocycles. The van der Waals surface area contributed by atoms with E-state index in [1.54, 1.807) is 0 Å². The lowest BCUT2D eigenvalue weighted by molar-refractivity contribution is 0.0789. The summed E-state index contributed by atoms with van der Waals surface area (Å²) in [5, 5.41) is 0. The topological polar surface area (TPSA) is 42.7 Å². The van der Waals surface area contributed by atoms with Crippen LogP contribution >= 0.6 is 0 Å². The summed E-state index contributed by atoms with van der Waals surface area (Å²) in [5.74, 6) is 3.03. The lowest BCUT2D eigenvalue weighted by atomic mass is 9.96. The highest BCUT2D eigenvalue weighted by molar-refractivity contribution is 5.95. The number of hydrogen-bond donors (Lipinski definition) is 0. The van der Waals surface area contributed by atoms with Crippen molar-refractivity contribution in [2.45, 2.75) is 32.6 Å². The molecule has 4 nitrogen and oxygen atoms in total. The minimum atomic E-state index is 0.0892. The average Bonchev–Trinajstić information content (AvgIpc) is 3.24. The average molecular weight is 311 g/mol. The summed E-state index contributed by atoms with van der Waals surface area (Å²) >= 11 is 0. The van der Waals surface area contributed by atoms with Crippen LogP contribution in [0.2, 0.25) is 0 Å². The minimum Gasteiger partial charge on any atom is -0.493 e. The summed E-state index contributed by atoms with van der Waals surface area (Å²) in [6.07, 6.45) is 2.01. The van der Waals surface area contributed by atoms with E-state index < -0.39 is 0 Å². The molecule has 1 aromatic carbocycles. The van der Waals surface area contributed by atoms with Crippen molar-refractivity contribution in [3.05, 3.63) is 52.5 Å². The van der Waals surface area contributed by atoms with Crippen molar-refractivity contribution in [1.29, 1.82) is 0 Å². The number of furan rings is 1. The van der Waals surface area contributed by atoms with Crippen LogP contribution in [-0.2, 0) is 6.42 Å². The molecule has 1 atom stereocenters. The fourth-order valence-corrected chi connectivity index (χ4v) is 3.69. The molecule has 4 heteroatoms. The number of carbonyl (C=O) groups is 1. The van der Waals surface area contributed by atoms with Crippen molar-refractivity contribution >= 4 is 5.91 Å². The first-order valence-corrected chi connectivity index (χ1v) is 8.24. The van der Waals surface area contributed by atoms with E-state index in [1.807, 2.05) is 24.8 Å². The Morgan fingerprint density at radius 3 is 2.91 bits per heavy atom. The first-order chi connectivity index (χ1) is 11.1. The molecule has 1 unspecified atom stereocenters. The normalized spacial score (nSPS) is 19.7. The first kappa shape index (κ1) is 14.4. The lowest BCUT2D eigenvalue weighted by Crippen LogP contribution is -2.28. The van der Waals surface area contributed by atoms with Crippen molar-refractivity contribution in [3.63, 3.8) is 0 Å². The quantitative estimate of drug-likeness (QED) is 0.853. The number of likely N-dealkylation sites (tertiary alicyclic amines) is 1. The van der Waals surface area contributed by atoms with Crippen molar-refractivity contribution in [2.24, 2.45) is 0 Å². The highest BCUT2D eigenvalue weighted by Crippen LogP contribution is 2.33. The first-order valence-electron chi connectivity index (χ1n) is 8.24. The molecule has 1 saturated heterocycles. The Balaban J connectivity index is 1.51. The number of amides is 1. The van der Waals surface area contributed by atoms with Crippen molar-refractivity contribution in [3.8, 4) is 5.75 Å². The minimum absolute atomic E-state index is 0.0892. The number of rotatable bonds is 2. The molecular formula is C19H21NO3. The molecule has 23 heavy (non-hydrogen) atoms. The molecule has 4 rings (SSSR count). The third-order valence-corrected chi connectivity index (χ3v) is 4.93. The molecule has 0 bridgehead atoms. The van der Waals surface area contributed by atoms with Crippen LogP contribution in [0.25, 0.3) is 0 Å². The fraction of sp³-hybridized carbons (Fsp3) is 0.421. The van der Waals surface area contributed by atoms with Crippen molar-refractivity contribution in [1.82, 2.24) is 4.90 Å². The number of fused-ring (bicyclic) bond motifs is 1. The number of nitrogens with zero attached hydrogens (tertiary/aromatic N) is 1. The van der Waals surface area contributed by atoms with Gasteiger partial charge in [-0.3, -0.25) is 4.79 Å². The standard InChI is InChI=1S/C19H21NO3/c1-12-9-17(13(2)23-12)19(21)20-7-5-16(11-20)14-3-4-18-15(10-14)6-8-22-18/h3-4,9-10,16H,5-8,11H2,1-2H3. The van der Waals surface area contributed by atoms with Gasteiger partial charge < -0.3 is 14.1 Å². The van der Waals surface area contributed by atoms with E-state index >= 15 is 0 Å². The zero-order valence-corrected chi connectivity index (χ0v) is 13.6. The summed E-state index contributed by atoms with van der Waals surface area (Å²) in [6.45, 7) is 6.10. The Bertz CT molecular complexity index is 762. The Kier molecular flexibility index (Phi) is 3.40. The van der Waals surface area contributed by atoms with Crippen LogP contribution in [0.4, 0.5) is 0 Å². The molecule has 0 spiro atoms. The maximum atomic E-state index is 12.7. The van der Waals surface area contributed by atoms with Crippen LogP contribution in [0.3, 0.4) is 0 Å². The number of hydrogen-bond acceptors (Lipinski definition) is 3. The van der Waals surface area contributed by atoms with Gasteiger partial charge in [0.05, 0.1) is 12.2 Å². The smallest absolute Gasteiger partial charge is 0.257 e. The second kappa shape index (κ2) is 5.44. The zero-order chi connectivity index (χ0) is 16.0. The maximum Gasteiger partial charge on any atom is 0.257 e. The second-order valence-electron chi connectivity index (χ2n) is 6.53. The molecule has 1 amide bonds. The van der Waals surface area contributed by atoms with Crippen LogP contribution in [-0.4, -0.2) is 30.5 Å². The van der Waals surface area contributed by atoms with Gasteiger partial charge in [-0.05, 0) is 43.5 Å². The molecule has 2 aromatic rings. The van der Waals surface area contributed by atoms with Gasteiger partial charge in [-0.2, -0.15) is 0 Å². The molecule has 0 saturated carbocycles. The Labute approximate surface area is 136 Å². The summed E-state index contributed by atoms with van der Waals surface area (Å²) in [6, 6.07) is 8.33. The lowest BCUT2D eigenvalue weighted by Gasteiger charge is -2.16. The van der Waals surface area contributed by atoms with Gasteiger partial charge in [-0.1, -0.05) is 12.1 Å². The van der Waals surface area contributed by atoms with Gasteiger partial charge >= 0.3 is 0 Å². The molecule has 2 aliphatic heterocycles. The number of ether oxygens (including phenoxy) is 1. The van der Waals surface area contributed by atoms with Crippen molar-refractivity contribution < 1.29 is 13.9 Å². The molecular weight excluding hydrogens is 290 g/mol. The van der Waals surface area contributed by atoms with E-state index in [-0.39, 0.29) is 5.91 Å². The van der Waals surface area contributed by atoms with Gasteiger partial charge in [0.15, 0.2) is 0 Å². The third-order valence-electron chi connectivity index (χ3n) is 4.93. The second-order valence-corrected chi connectivity index (χ2v) is 6.53. The van der Waals surface area contributed by atoms with E-state index in [9.17, 15) is 4.79 Å². The van der Waals surface area contributed by atoms with Crippen LogP contribution < -0.4 is 4.74 Å². The molecule has 1 aromatic heterocycles. The molecule has 0 radical (unpaired) electrons. The van der Waals surface area contributed by atoms with Gasteiger partial charge in [0.25, 0.3) is 5.91 Å². The number of benzene rings is 1. The van der Waals surface area contributed by atoms with Crippen LogP contribution in [0.5, 0.6) is 5.75 Å². The molecule has 120 valence electrons. The highest BCUT2D eigenvalue weighted by Gasteiger charge is 2.30. The van der Waals surface area contributed by atoms with E-state index in [1.165, 1.54) is 11.1 Å². The third kappa shape index (κ3) is 2.52. The van der Waals surface area contributed by atoms with E-state index in [2.05, 4.69) is 18.2 Å². The predicted molar refractivity (Wildman–Crippen MR) is 87.1 cm³/mol. The van der Waals surface area contributed by atoms with Crippen LogP contribution in [0.1, 0.15) is 45.3 Å². The highest BCUT2D eigenvalue weighted by atomic mass is 16.5. The van der Waals surface area contributed by atoms with Crippen LogP contribution in [0, 0.1) is 13.8 Å². The summed E-state index contributed by atoms with van der Waals surface area (Å²) in [4.78, 5) is 14.6. The Morgan fingerprint density at radius 2 is 2.13 bits per heavy atom. The summed E-state index contributed by atoms with van der Waals surface area (Å²) < 4.78 is 11.1. The summed E-state index contributed by atoms with van der Waals surface area (Å²) in [5.41, 5.74) is 3.32. The number of carbonyl (C=O) groups excluding carboxylic acids is 1. The van der Waals surface area contributed by atoms with Gasteiger partial charge in [-0.15, -0.1) is 0 Å². The molecule has 1 fully saturated rings. The van der Waals surface area contributed by atoms with Crippen LogP contribution in [0.15, 0.2) is 28.7 Å². The monoisotopic (exact) mass is 311 g/mol. The van der Waals surface area contributed by atoms with Crippen molar-refractivity contribution in [2.75, 3.05) is 19.7 Å². The Morgan fingerprint density at radius 1 is 1.26 bits per heavy atom. The van der Waals surface area contributed by atoms with Gasteiger partial charge in [0.1, 0.15) is 17.3 Å². The molecule has 0 N–H and O–H groups in total. The SMILES string of the molecule is Cc1cc(C(=O)N2CCC(c3ccc4c(c3)CCO4)C2)c(C)o1. The van der Waals surface area contributed by atoms with E-state index in [4.69, 9.17) is 9.15 Å². The van der Waals surface area contributed by atoms with Gasteiger partial charge in [0, 0.05) is 25.4 Å². The summed E-state index contributed by atoms with van der Waals surface area (Å²) in [7, 11) is 0. The van der Waals surface area contributed by atoms with Gasteiger partial charge in [0.2, 0.25) is 0 Å². The fourth-order valence-electron chi connectivity index (χ4n) is 3.69. The van der Waals surface area contributed by atoms with E-state index in [0.29, 0.717) is 17.2 Å². The number of aryl methyl sites for hydroxylation is 2. The predicted octanol–water partition coefficient (Wildman–Crippen LogP) is 3.46. The zero-order valence-electron chi connectivity index (χ0n) is 13.6. The van der Waals surface area contributed by atoms with Gasteiger partial charge in [-0.25, -0.2) is 0 Å².